The van der Waals surface area contributed by atoms with Crippen molar-refractivity contribution >= 4 is 11.8 Å². The molecule has 0 aliphatic carbocycles. The van der Waals surface area contributed by atoms with E-state index in [4.69, 9.17) is 11.1 Å². The quantitative estimate of drug-likeness (QED) is 0.614. The van der Waals surface area contributed by atoms with Crippen molar-refractivity contribution in [1.29, 1.82) is 5.41 Å². The highest BCUT2D eigenvalue weighted by Gasteiger charge is 2.30. The predicted molar refractivity (Wildman–Crippen MR) is 79.2 cm³/mol. The van der Waals surface area contributed by atoms with E-state index in [1.165, 1.54) is 25.8 Å². The molecule has 1 unspecified atom stereocenters. The van der Waals surface area contributed by atoms with E-state index >= 15 is 0 Å². The molecule has 3 heterocycles. The Bertz CT molecular complexity index is 514. The van der Waals surface area contributed by atoms with E-state index in [0.29, 0.717) is 11.7 Å². The van der Waals surface area contributed by atoms with Gasteiger partial charge in [-0.2, -0.15) is 0 Å². The number of fused-ring (bicyclic) bond motifs is 1. The van der Waals surface area contributed by atoms with Crippen molar-refractivity contribution < 1.29 is 0 Å². The molecule has 0 radical (unpaired) electrons. The van der Waals surface area contributed by atoms with Gasteiger partial charge in [-0.05, 0) is 32.4 Å². The maximum atomic E-state index is 7.55. The summed E-state index contributed by atoms with van der Waals surface area (Å²) in [5.74, 6) is 0.730. The molecule has 6 heteroatoms. The van der Waals surface area contributed by atoms with E-state index in [1.807, 2.05) is 6.92 Å². The summed E-state index contributed by atoms with van der Waals surface area (Å²) in [6, 6.07) is 2.39. The SMILES string of the molecule is Cc1cc(C(=N)N)nc(N2CCN3CCCCC3C2)n1. The van der Waals surface area contributed by atoms with E-state index in [9.17, 15) is 0 Å². The number of nitrogen functional groups attached to an aromatic ring is 1. The number of nitrogens with one attached hydrogen (secondary N) is 1. The van der Waals surface area contributed by atoms with Crippen LogP contribution < -0.4 is 10.6 Å². The summed E-state index contributed by atoms with van der Waals surface area (Å²) in [7, 11) is 0. The predicted octanol–water partition coefficient (Wildman–Crippen LogP) is 0.744. The second kappa shape index (κ2) is 5.36. The minimum Gasteiger partial charge on any atom is -0.382 e. The molecule has 0 spiro atoms. The highest BCUT2D eigenvalue weighted by Crippen LogP contribution is 2.23. The van der Waals surface area contributed by atoms with Gasteiger partial charge in [-0.15, -0.1) is 0 Å². The first-order chi connectivity index (χ1) is 9.63. The van der Waals surface area contributed by atoms with E-state index < -0.39 is 0 Å². The molecule has 2 fully saturated rings. The Morgan fingerprint density at radius 1 is 1.30 bits per heavy atom. The zero-order valence-electron chi connectivity index (χ0n) is 12.0. The van der Waals surface area contributed by atoms with Gasteiger partial charge in [0, 0.05) is 31.4 Å². The molecule has 1 aromatic heterocycles. The van der Waals surface area contributed by atoms with Gasteiger partial charge < -0.3 is 10.6 Å². The molecule has 0 bridgehead atoms. The van der Waals surface area contributed by atoms with Gasteiger partial charge >= 0.3 is 0 Å². The minimum atomic E-state index is 0.00746. The lowest BCUT2D eigenvalue weighted by Crippen LogP contribution is -2.55. The van der Waals surface area contributed by atoms with Gasteiger partial charge in [0.25, 0.3) is 0 Å². The van der Waals surface area contributed by atoms with E-state index in [0.717, 1.165) is 31.3 Å². The highest BCUT2D eigenvalue weighted by atomic mass is 15.3. The number of hydrogen-bond acceptors (Lipinski definition) is 5. The summed E-state index contributed by atoms with van der Waals surface area (Å²) in [5.41, 5.74) is 6.95. The van der Waals surface area contributed by atoms with Crippen LogP contribution in [0.15, 0.2) is 6.07 Å². The third-order valence-electron chi connectivity index (χ3n) is 4.24. The van der Waals surface area contributed by atoms with Crippen LogP contribution in [0.2, 0.25) is 0 Å². The Balaban J connectivity index is 1.80. The summed E-state index contributed by atoms with van der Waals surface area (Å²) in [4.78, 5) is 13.8. The molecule has 2 aliphatic heterocycles. The lowest BCUT2D eigenvalue weighted by Gasteiger charge is -2.44. The number of aryl methyl sites for hydroxylation is 1. The van der Waals surface area contributed by atoms with Crippen LogP contribution in [0.1, 0.15) is 30.7 Å². The zero-order valence-corrected chi connectivity index (χ0v) is 12.0. The molecule has 108 valence electrons. The Labute approximate surface area is 119 Å². The number of piperidine rings is 1. The fourth-order valence-electron chi connectivity index (χ4n) is 3.17. The van der Waals surface area contributed by atoms with Crippen molar-refractivity contribution in [2.24, 2.45) is 5.73 Å². The number of anilines is 1. The molecule has 2 saturated heterocycles. The summed E-state index contributed by atoms with van der Waals surface area (Å²) in [5, 5.41) is 7.55. The molecule has 20 heavy (non-hydrogen) atoms. The summed E-state index contributed by atoms with van der Waals surface area (Å²) < 4.78 is 0. The van der Waals surface area contributed by atoms with E-state index in [1.54, 1.807) is 6.07 Å². The second-order valence-corrected chi connectivity index (χ2v) is 5.74. The molecule has 0 amide bonds. The molecule has 6 nitrogen and oxygen atoms in total. The number of aromatic nitrogens is 2. The van der Waals surface area contributed by atoms with Gasteiger partial charge in [-0.1, -0.05) is 6.42 Å². The largest absolute Gasteiger partial charge is 0.382 e. The number of nitrogens with two attached hydrogens (primary N) is 1. The van der Waals surface area contributed by atoms with Gasteiger partial charge in [0.05, 0.1) is 0 Å². The van der Waals surface area contributed by atoms with Crippen molar-refractivity contribution in [2.75, 3.05) is 31.1 Å². The van der Waals surface area contributed by atoms with Crippen LogP contribution in [0.25, 0.3) is 0 Å². The standard InChI is InChI=1S/C14H22N6/c1-10-8-12(13(15)16)18-14(17-10)20-7-6-19-5-3-2-4-11(19)9-20/h8,11H,2-7,9H2,1H3,(H3,15,16). The van der Waals surface area contributed by atoms with Crippen molar-refractivity contribution in [2.45, 2.75) is 32.2 Å². The van der Waals surface area contributed by atoms with Crippen LogP contribution in [-0.2, 0) is 0 Å². The molecule has 1 atom stereocenters. The number of piperazine rings is 1. The van der Waals surface area contributed by atoms with Crippen LogP contribution in [0.4, 0.5) is 5.95 Å². The Kier molecular flexibility index (Phi) is 3.56. The molecule has 0 aromatic carbocycles. The fraction of sp³-hybridized carbons (Fsp3) is 0.643. The smallest absolute Gasteiger partial charge is 0.226 e. The van der Waals surface area contributed by atoms with Crippen LogP contribution in [0.5, 0.6) is 0 Å². The van der Waals surface area contributed by atoms with Crippen molar-refractivity contribution in [1.82, 2.24) is 14.9 Å². The number of nitrogens with zero attached hydrogens (tertiary/aromatic N) is 4. The minimum absolute atomic E-state index is 0.00746. The van der Waals surface area contributed by atoms with Crippen molar-refractivity contribution in [3.8, 4) is 0 Å². The number of rotatable bonds is 2. The van der Waals surface area contributed by atoms with Crippen molar-refractivity contribution in [3.63, 3.8) is 0 Å². The Hall–Kier alpha value is -1.69. The normalized spacial score (nSPS) is 23.4. The molecular formula is C14H22N6. The van der Waals surface area contributed by atoms with Gasteiger partial charge in [0.2, 0.25) is 5.95 Å². The first-order valence-electron chi connectivity index (χ1n) is 7.32. The second-order valence-electron chi connectivity index (χ2n) is 5.74. The summed E-state index contributed by atoms with van der Waals surface area (Å²) >= 11 is 0. The monoisotopic (exact) mass is 274 g/mol. The molecule has 1 aromatic rings. The average molecular weight is 274 g/mol. The van der Waals surface area contributed by atoms with Crippen LogP contribution in [0.3, 0.4) is 0 Å². The Morgan fingerprint density at radius 3 is 2.95 bits per heavy atom. The highest BCUT2D eigenvalue weighted by molar-refractivity contribution is 5.93. The zero-order chi connectivity index (χ0) is 14.1. The topological polar surface area (TPSA) is 82.1 Å². The van der Waals surface area contributed by atoms with E-state index in [-0.39, 0.29) is 5.84 Å². The third kappa shape index (κ3) is 2.60. The lowest BCUT2D eigenvalue weighted by atomic mass is 10.00. The molecule has 3 N–H and O–H groups in total. The Morgan fingerprint density at radius 2 is 2.15 bits per heavy atom. The van der Waals surface area contributed by atoms with Crippen LogP contribution in [0, 0.1) is 12.3 Å². The third-order valence-corrected chi connectivity index (χ3v) is 4.24. The maximum Gasteiger partial charge on any atom is 0.226 e. The van der Waals surface area contributed by atoms with E-state index in [2.05, 4.69) is 19.8 Å². The first kappa shape index (κ1) is 13.3. The van der Waals surface area contributed by atoms with Gasteiger partial charge in [0.1, 0.15) is 11.5 Å². The van der Waals surface area contributed by atoms with Crippen molar-refractivity contribution in [3.05, 3.63) is 17.5 Å². The molecular weight excluding hydrogens is 252 g/mol. The maximum absolute atomic E-state index is 7.55. The fourth-order valence-corrected chi connectivity index (χ4v) is 3.17. The van der Waals surface area contributed by atoms with Gasteiger partial charge in [0.15, 0.2) is 0 Å². The van der Waals surface area contributed by atoms with Crippen LogP contribution >= 0.6 is 0 Å². The van der Waals surface area contributed by atoms with Crippen LogP contribution in [-0.4, -0.2) is 52.9 Å². The summed E-state index contributed by atoms with van der Waals surface area (Å²) in [6.07, 6.45) is 3.91. The molecule has 0 saturated carbocycles. The van der Waals surface area contributed by atoms with Gasteiger partial charge in [-0.3, -0.25) is 10.3 Å². The summed E-state index contributed by atoms with van der Waals surface area (Å²) in [6.45, 7) is 6.18. The molecule has 3 rings (SSSR count). The average Bonchev–Trinajstić information content (AvgIpc) is 2.46. The lowest BCUT2D eigenvalue weighted by molar-refractivity contribution is 0.133. The first-order valence-corrected chi connectivity index (χ1v) is 7.32. The number of amidine groups is 1. The molecule has 2 aliphatic rings. The number of hydrogen-bond donors (Lipinski definition) is 2. The van der Waals surface area contributed by atoms with Gasteiger partial charge in [-0.25, -0.2) is 9.97 Å².